The first-order valence-corrected chi connectivity index (χ1v) is 6.19. The molecule has 2 N–H and O–H groups in total. The number of hydrogen-bond acceptors (Lipinski definition) is 3. The van der Waals surface area contributed by atoms with E-state index in [4.69, 9.17) is 5.73 Å². The summed E-state index contributed by atoms with van der Waals surface area (Å²) in [4.78, 5) is 2.53. The molecule has 1 saturated heterocycles. The Labute approximate surface area is 97.4 Å². The largest absolute Gasteiger partial charge is 0.384 e. The number of aryl methyl sites for hydroxylation is 1. The lowest BCUT2D eigenvalue weighted by Gasteiger charge is -2.31. The quantitative estimate of drug-likeness (QED) is 0.838. The minimum atomic E-state index is 0.753. The molecule has 0 aliphatic carbocycles. The zero-order valence-electron chi connectivity index (χ0n) is 10.3. The standard InChI is InChI=1S/C12H22N4/c1-3-16-6-4-5-10(9-16)7-11-8-12(13)15(2)14-11/h8,10H,3-7,9,13H2,1-2H3. The summed E-state index contributed by atoms with van der Waals surface area (Å²) in [5.41, 5.74) is 6.93. The van der Waals surface area contributed by atoms with Gasteiger partial charge in [0.1, 0.15) is 5.82 Å². The van der Waals surface area contributed by atoms with E-state index in [1.807, 2.05) is 13.1 Å². The first-order chi connectivity index (χ1) is 7.69. The molecule has 1 aromatic rings. The summed E-state index contributed by atoms with van der Waals surface area (Å²) in [6.07, 6.45) is 3.72. The molecule has 0 amide bonds. The van der Waals surface area contributed by atoms with E-state index < -0.39 is 0 Å². The van der Waals surface area contributed by atoms with Gasteiger partial charge in [-0.25, -0.2) is 0 Å². The van der Waals surface area contributed by atoms with Crippen molar-refractivity contribution in [3.8, 4) is 0 Å². The molecule has 0 aromatic carbocycles. The zero-order chi connectivity index (χ0) is 11.5. The summed E-state index contributed by atoms with van der Waals surface area (Å²) in [7, 11) is 1.90. The van der Waals surface area contributed by atoms with Gasteiger partial charge in [0, 0.05) is 19.7 Å². The number of nitrogens with two attached hydrogens (primary N) is 1. The fraction of sp³-hybridized carbons (Fsp3) is 0.750. The average Bonchev–Trinajstić information content (AvgIpc) is 2.58. The van der Waals surface area contributed by atoms with Gasteiger partial charge in [-0.2, -0.15) is 5.10 Å². The third-order valence-electron chi connectivity index (χ3n) is 3.51. The Hall–Kier alpha value is -1.03. The second-order valence-electron chi connectivity index (χ2n) is 4.79. The lowest BCUT2D eigenvalue weighted by Crippen LogP contribution is -2.35. The number of piperidine rings is 1. The van der Waals surface area contributed by atoms with Crippen molar-refractivity contribution < 1.29 is 0 Å². The molecule has 1 aromatic heterocycles. The van der Waals surface area contributed by atoms with Gasteiger partial charge in [-0.05, 0) is 38.3 Å². The van der Waals surface area contributed by atoms with Crippen LogP contribution in [0.3, 0.4) is 0 Å². The summed E-state index contributed by atoms with van der Waals surface area (Å²) in [5.74, 6) is 1.51. The highest BCUT2D eigenvalue weighted by molar-refractivity contribution is 5.30. The number of hydrogen-bond donors (Lipinski definition) is 1. The third-order valence-corrected chi connectivity index (χ3v) is 3.51. The summed E-state index contributed by atoms with van der Waals surface area (Å²) in [5, 5.41) is 4.43. The first-order valence-electron chi connectivity index (χ1n) is 6.19. The van der Waals surface area contributed by atoms with E-state index >= 15 is 0 Å². The van der Waals surface area contributed by atoms with Crippen LogP contribution < -0.4 is 5.73 Å². The molecule has 1 fully saturated rings. The molecule has 4 nitrogen and oxygen atoms in total. The molecule has 4 heteroatoms. The maximum Gasteiger partial charge on any atom is 0.121 e. The minimum absolute atomic E-state index is 0.753. The van der Waals surface area contributed by atoms with Gasteiger partial charge in [-0.3, -0.25) is 4.68 Å². The summed E-state index contributed by atoms with van der Waals surface area (Å²) in [6, 6.07) is 2.00. The van der Waals surface area contributed by atoms with Crippen LogP contribution in [0.2, 0.25) is 0 Å². The van der Waals surface area contributed by atoms with Gasteiger partial charge in [0.25, 0.3) is 0 Å². The molecule has 0 spiro atoms. The second-order valence-corrected chi connectivity index (χ2v) is 4.79. The molecule has 0 saturated carbocycles. The Balaban J connectivity index is 1.93. The van der Waals surface area contributed by atoms with Crippen LogP contribution in [-0.2, 0) is 13.5 Å². The maximum absolute atomic E-state index is 5.79. The van der Waals surface area contributed by atoms with E-state index in [1.54, 1.807) is 4.68 Å². The molecule has 16 heavy (non-hydrogen) atoms. The van der Waals surface area contributed by atoms with Gasteiger partial charge in [0.2, 0.25) is 0 Å². The molecule has 2 rings (SSSR count). The van der Waals surface area contributed by atoms with Crippen LogP contribution in [0, 0.1) is 5.92 Å². The normalized spacial score (nSPS) is 22.5. The van der Waals surface area contributed by atoms with Gasteiger partial charge in [-0.15, -0.1) is 0 Å². The van der Waals surface area contributed by atoms with E-state index in [2.05, 4.69) is 16.9 Å². The van der Waals surface area contributed by atoms with Crippen molar-refractivity contribution in [3.05, 3.63) is 11.8 Å². The van der Waals surface area contributed by atoms with Crippen molar-refractivity contribution >= 4 is 5.82 Å². The van der Waals surface area contributed by atoms with Crippen LogP contribution in [0.15, 0.2) is 6.07 Å². The van der Waals surface area contributed by atoms with Crippen molar-refractivity contribution in [2.45, 2.75) is 26.2 Å². The van der Waals surface area contributed by atoms with Crippen molar-refractivity contribution in [2.24, 2.45) is 13.0 Å². The van der Waals surface area contributed by atoms with Crippen LogP contribution in [0.5, 0.6) is 0 Å². The van der Waals surface area contributed by atoms with Crippen LogP contribution in [0.1, 0.15) is 25.5 Å². The molecule has 90 valence electrons. The van der Waals surface area contributed by atoms with Crippen molar-refractivity contribution in [1.82, 2.24) is 14.7 Å². The SMILES string of the molecule is CCN1CCCC(Cc2cc(N)n(C)n2)C1. The molecule has 1 atom stereocenters. The van der Waals surface area contributed by atoms with E-state index in [0.29, 0.717) is 0 Å². The van der Waals surface area contributed by atoms with E-state index in [1.165, 1.54) is 32.5 Å². The van der Waals surface area contributed by atoms with E-state index in [-0.39, 0.29) is 0 Å². The number of aromatic nitrogens is 2. The first kappa shape index (κ1) is 11.5. The highest BCUT2D eigenvalue weighted by Gasteiger charge is 2.20. The number of rotatable bonds is 3. The Kier molecular flexibility index (Phi) is 3.49. The van der Waals surface area contributed by atoms with Crippen LogP contribution >= 0.6 is 0 Å². The monoisotopic (exact) mass is 222 g/mol. The highest BCUT2D eigenvalue weighted by Crippen LogP contribution is 2.20. The molecule has 1 unspecified atom stereocenters. The predicted molar refractivity (Wildman–Crippen MR) is 66.2 cm³/mol. The Morgan fingerprint density at radius 1 is 1.56 bits per heavy atom. The van der Waals surface area contributed by atoms with Gasteiger partial charge in [0.05, 0.1) is 5.69 Å². The molecular formula is C12H22N4. The Morgan fingerprint density at radius 2 is 2.38 bits per heavy atom. The topological polar surface area (TPSA) is 47.1 Å². The van der Waals surface area contributed by atoms with Crippen molar-refractivity contribution in [3.63, 3.8) is 0 Å². The van der Waals surface area contributed by atoms with Crippen molar-refractivity contribution in [1.29, 1.82) is 0 Å². The maximum atomic E-state index is 5.79. The number of likely N-dealkylation sites (tertiary alicyclic amines) is 1. The lowest BCUT2D eigenvalue weighted by molar-refractivity contribution is 0.181. The fourth-order valence-corrected chi connectivity index (χ4v) is 2.54. The van der Waals surface area contributed by atoms with E-state index in [0.717, 1.165) is 23.9 Å². The smallest absolute Gasteiger partial charge is 0.121 e. The Morgan fingerprint density at radius 3 is 3.00 bits per heavy atom. The van der Waals surface area contributed by atoms with Crippen molar-refractivity contribution in [2.75, 3.05) is 25.4 Å². The van der Waals surface area contributed by atoms with Gasteiger partial charge in [-0.1, -0.05) is 6.92 Å². The van der Waals surface area contributed by atoms with Gasteiger partial charge < -0.3 is 10.6 Å². The van der Waals surface area contributed by atoms with E-state index in [9.17, 15) is 0 Å². The molecule has 0 bridgehead atoms. The van der Waals surface area contributed by atoms with Gasteiger partial charge in [0.15, 0.2) is 0 Å². The molecular weight excluding hydrogens is 200 g/mol. The van der Waals surface area contributed by atoms with Crippen LogP contribution in [0.25, 0.3) is 0 Å². The van der Waals surface area contributed by atoms with Crippen LogP contribution in [-0.4, -0.2) is 34.3 Å². The highest BCUT2D eigenvalue weighted by atomic mass is 15.3. The zero-order valence-corrected chi connectivity index (χ0v) is 10.3. The second kappa shape index (κ2) is 4.87. The number of nitrogen functional groups attached to an aromatic ring is 1. The molecule has 0 radical (unpaired) electrons. The summed E-state index contributed by atoms with van der Waals surface area (Å²) >= 11 is 0. The molecule has 2 heterocycles. The van der Waals surface area contributed by atoms with Crippen LogP contribution in [0.4, 0.5) is 5.82 Å². The van der Waals surface area contributed by atoms with Gasteiger partial charge >= 0.3 is 0 Å². The Bertz CT molecular complexity index is 325. The average molecular weight is 222 g/mol. The fourth-order valence-electron chi connectivity index (χ4n) is 2.54. The predicted octanol–water partition coefficient (Wildman–Crippen LogP) is 1.28. The third kappa shape index (κ3) is 2.55. The summed E-state index contributed by atoms with van der Waals surface area (Å²) in [6.45, 7) is 5.88. The number of anilines is 1. The molecule has 1 aliphatic rings. The minimum Gasteiger partial charge on any atom is -0.384 e. The lowest BCUT2D eigenvalue weighted by atomic mass is 9.93. The summed E-state index contributed by atoms with van der Waals surface area (Å²) < 4.78 is 1.76. The number of nitrogens with zero attached hydrogens (tertiary/aromatic N) is 3. The molecule has 1 aliphatic heterocycles.